The third kappa shape index (κ3) is 4.05. The molecule has 1 aromatic heterocycles. The lowest BCUT2D eigenvalue weighted by atomic mass is 10.0. The lowest BCUT2D eigenvalue weighted by Gasteiger charge is -2.38. The van der Waals surface area contributed by atoms with Crippen molar-refractivity contribution < 1.29 is 9.53 Å². The number of carbonyl (C=O) groups excluding carboxylic acids is 1. The van der Waals surface area contributed by atoms with Crippen LogP contribution in [-0.2, 0) is 11.3 Å². The number of carbonyl (C=O) groups is 1. The molecule has 2 fully saturated rings. The monoisotopic (exact) mass is 432 g/mol. The first-order valence-corrected chi connectivity index (χ1v) is 11.8. The number of imidazole rings is 1. The van der Waals surface area contributed by atoms with Gasteiger partial charge in [0.1, 0.15) is 11.5 Å². The third-order valence-electron chi connectivity index (χ3n) is 7.07. The summed E-state index contributed by atoms with van der Waals surface area (Å²) >= 11 is 0. The number of amides is 1. The molecule has 5 rings (SSSR count). The highest BCUT2D eigenvalue weighted by atomic mass is 16.5. The second kappa shape index (κ2) is 9.43. The Balaban J connectivity index is 1.42. The Morgan fingerprint density at radius 1 is 1.03 bits per heavy atom. The number of rotatable bonds is 6. The Morgan fingerprint density at radius 2 is 1.78 bits per heavy atom. The number of benzene rings is 2. The number of fused-ring (bicyclic) bond motifs is 1. The van der Waals surface area contributed by atoms with Crippen LogP contribution in [0.2, 0.25) is 0 Å². The molecule has 2 aliphatic rings. The largest absolute Gasteiger partial charge is 0.383 e. The quantitative estimate of drug-likeness (QED) is 0.590. The molecule has 168 valence electrons. The average molecular weight is 433 g/mol. The summed E-state index contributed by atoms with van der Waals surface area (Å²) in [5.41, 5.74) is 1.70. The van der Waals surface area contributed by atoms with Gasteiger partial charge < -0.3 is 14.2 Å². The second-order valence-corrected chi connectivity index (χ2v) is 8.90. The van der Waals surface area contributed by atoms with E-state index >= 15 is 0 Å². The minimum absolute atomic E-state index is 0.0751. The Bertz CT molecular complexity index is 1070. The van der Waals surface area contributed by atoms with E-state index in [0.29, 0.717) is 18.8 Å². The summed E-state index contributed by atoms with van der Waals surface area (Å²) in [6.45, 7) is 4.64. The molecular formula is C26H32N4O2. The Hall–Kier alpha value is -2.70. The molecule has 2 heterocycles. The van der Waals surface area contributed by atoms with Crippen LogP contribution in [0.4, 0.5) is 0 Å². The highest BCUT2D eigenvalue weighted by molar-refractivity contribution is 5.97. The zero-order valence-corrected chi connectivity index (χ0v) is 18.9. The Kier molecular flexibility index (Phi) is 6.23. The summed E-state index contributed by atoms with van der Waals surface area (Å²) in [7, 11) is 1.69. The summed E-state index contributed by atoms with van der Waals surface area (Å²) in [5.74, 6) is 0.901. The maximum atomic E-state index is 13.5. The average Bonchev–Trinajstić information content (AvgIpc) is 3.52. The van der Waals surface area contributed by atoms with E-state index < -0.39 is 0 Å². The molecule has 0 spiro atoms. The van der Waals surface area contributed by atoms with Crippen molar-refractivity contribution in [2.45, 2.75) is 38.3 Å². The van der Waals surface area contributed by atoms with Crippen molar-refractivity contribution in [1.82, 2.24) is 19.4 Å². The highest BCUT2D eigenvalue weighted by Gasteiger charge is 2.30. The molecule has 6 nitrogen and oxygen atoms in total. The van der Waals surface area contributed by atoms with Gasteiger partial charge in [0, 0.05) is 51.4 Å². The van der Waals surface area contributed by atoms with Crippen molar-refractivity contribution in [3.8, 4) is 11.4 Å². The first-order chi connectivity index (χ1) is 15.8. The van der Waals surface area contributed by atoms with E-state index in [1.165, 1.54) is 31.1 Å². The lowest BCUT2D eigenvalue weighted by molar-refractivity contribution is 0.0562. The van der Waals surface area contributed by atoms with Gasteiger partial charge in [0.2, 0.25) is 0 Å². The maximum Gasteiger partial charge on any atom is 0.272 e. The number of methoxy groups -OCH3 is 1. The number of ether oxygens (including phenoxy) is 1. The molecule has 6 heteroatoms. The van der Waals surface area contributed by atoms with Crippen LogP contribution in [0.3, 0.4) is 0 Å². The van der Waals surface area contributed by atoms with Crippen LogP contribution in [-0.4, -0.2) is 71.2 Å². The highest BCUT2D eigenvalue weighted by Crippen LogP contribution is 2.29. The molecule has 0 atom stereocenters. The minimum Gasteiger partial charge on any atom is -0.383 e. The molecule has 1 amide bonds. The zero-order valence-electron chi connectivity index (χ0n) is 18.9. The van der Waals surface area contributed by atoms with E-state index in [1.807, 2.05) is 21.6 Å². The third-order valence-corrected chi connectivity index (χ3v) is 7.07. The second-order valence-electron chi connectivity index (χ2n) is 8.90. The van der Waals surface area contributed by atoms with E-state index in [9.17, 15) is 4.79 Å². The van der Waals surface area contributed by atoms with Crippen LogP contribution in [0.25, 0.3) is 22.2 Å². The fraction of sp³-hybridized carbons (Fsp3) is 0.462. The maximum absolute atomic E-state index is 13.5. The molecule has 1 aliphatic carbocycles. The predicted octanol–water partition coefficient (Wildman–Crippen LogP) is 4.05. The van der Waals surface area contributed by atoms with Gasteiger partial charge in [0.25, 0.3) is 5.91 Å². The predicted molar refractivity (Wildman–Crippen MR) is 127 cm³/mol. The van der Waals surface area contributed by atoms with Gasteiger partial charge in [0.15, 0.2) is 0 Å². The van der Waals surface area contributed by atoms with Gasteiger partial charge in [-0.3, -0.25) is 9.69 Å². The summed E-state index contributed by atoms with van der Waals surface area (Å²) in [6.07, 6.45) is 7.07. The van der Waals surface area contributed by atoms with Crippen molar-refractivity contribution >= 4 is 16.7 Å². The molecule has 1 saturated heterocycles. The minimum atomic E-state index is 0.0751. The zero-order chi connectivity index (χ0) is 21.9. The lowest BCUT2D eigenvalue weighted by Crippen LogP contribution is -2.51. The first-order valence-electron chi connectivity index (χ1n) is 11.8. The van der Waals surface area contributed by atoms with Crippen molar-refractivity contribution in [2.75, 3.05) is 39.9 Å². The SMILES string of the molecule is COCCn1c(C(=O)N2CCN(C3CCCC3)CC2)cnc1-c1cccc2ccccc12. The number of hydrogen-bond donors (Lipinski definition) is 0. The van der Waals surface area contributed by atoms with Gasteiger partial charge in [-0.15, -0.1) is 0 Å². The fourth-order valence-corrected chi connectivity index (χ4v) is 5.31. The van der Waals surface area contributed by atoms with Crippen LogP contribution in [0.5, 0.6) is 0 Å². The molecule has 0 unspecified atom stereocenters. The molecule has 0 radical (unpaired) electrons. The van der Waals surface area contributed by atoms with Crippen molar-refractivity contribution in [1.29, 1.82) is 0 Å². The van der Waals surface area contributed by atoms with Gasteiger partial charge in [-0.05, 0) is 23.6 Å². The summed E-state index contributed by atoms with van der Waals surface area (Å²) in [4.78, 5) is 22.8. The van der Waals surface area contributed by atoms with E-state index in [0.717, 1.165) is 49.0 Å². The smallest absolute Gasteiger partial charge is 0.272 e. The van der Waals surface area contributed by atoms with Crippen LogP contribution in [0.1, 0.15) is 36.2 Å². The number of nitrogens with zero attached hydrogens (tertiary/aromatic N) is 4. The Labute approximate surface area is 189 Å². The first kappa shape index (κ1) is 21.2. The van der Waals surface area contributed by atoms with Gasteiger partial charge >= 0.3 is 0 Å². The summed E-state index contributed by atoms with van der Waals surface area (Å²) < 4.78 is 7.40. The Morgan fingerprint density at radius 3 is 2.56 bits per heavy atom. The van der Waals surface area contributed by atoms with Gasteiger partial charge in [-0.25, -0.2) is 4.98 Å². The van der Waals surface area contributed by atoms with E-state index in [1.54, 1.807) is 13.3 Å². The standard InChI is InChI=1S/C26H32N4O2/c1-32-18-17-30-24(26(31)29-15-13-28(14-16-29)21-9-3-4-10-21)19-27-25(30)23-12-6-8-20-7-2-5-11-22(20)23/h2,5-8,11-12,19,21H,3-4,9-10,13-18H2,1H3. The molecule has 1 aliphatic heterocycles. The molecule has 32 heavy (non-hydrogen) atoms. The molecule has 3 aromatic rings. The molecule has 0 N–H and O–H groups in total. The molecule has 1 saturated carbocycles. The number of hydrogen-bond acceptors (Lipinski definition) is 4. The molecular weight excluding hydrogens is 400 g/mol. The van der Waals surface area contributed by atoms with E-state index in [2.05, 4.69) is 35.2 Å². The topological polar surface area (TPSA) is 50.6 Å². The van der Waals surface area contributed by atoms with E-state index in [4.69, 9.17) is 9.72 Å². The van der Waals surface area contributed by atoms with Crippen molar-refractivity contribution in [3.05, 3.63) is 54.4 Å². The van der Waals surface area contributed by atoms with E-state index in [-0.39, 0.29) is 5.91 Å². The van der Waals surface area contributed by atoms with Crippen LogP contribution in [0, 0.1) is 0 Å². The summed E-state index contributed by atoms with van der Waals surface area (Å²) in [6, 6.07) is 15.3. The fourth-order valence-electron chi connectivity index (χ4n) is 5.31. The normalized spacial score (nSPS) is 18.0. The number of aromatic nitrogens is 2. The molecule has 2 aromatic carbocycles. The van der Waals surface area contributed by atoms with Gasteiger partial charge in [0.05, 0.1) is 12.8 Å². The van der Waals surface area contributed by atoms with Crippen LogP contribution in [0.15, 0.2) is 48.7 Å². The summed E-state index contributed by atoms with van der Waals surface area (Å²) in [5, 5.41) is 2.31. The van der Waals surface area contributed by atoms with Crippen molar-refractivity contribution in [3.63, 3.8) is 0 Å². The number of piperazine rings is 1. The van der Waals surface area contributed by atoms with Gasteiger partial charge in [-0.1, -0.05) is 55.3 Å². The van der Waals surface area contributed by atoms with Crippen LogP contribution >= 0.6 is 0 Å². The molecule has 0 bridgehead atoms. The van der Waals surface area contributed by atoms with Crippen LogP contribution < -0.4 is 0 Å². The van der Waals surface area contributed by atoms with Gasteiger partial charge in [-0.2, -0.15) is 0 Å². The van der Waals surface area contributed by atoms with Crippen molar-refractivity contribution in [2.24, 2.45) is 0 Å².